The lowest BCUT2D eigenvalue weighted by atomic mass is 10.3. The van der Waals surface area contributed by atoms with Crippen LogP contribution in [0.3, 0.4) is 0 Å². The van der Waals surface area contributed by atoms with Crippen LogP contribution in [0.4, 0.5) is 14.6 Å². The highest BCUT2D eigenvalue weighted by Gasteiger charge is 2.06. The minimum Gasteiger partial charge on any atom is -0.311 e. The number of hydrogen-bond donors (Lipinski definition) is 1. The number of aryl methyl sites for hydroxylation is 1. The molecule has 2 aromatic rings. The van der Waals surface area contributed by atoms with E-state index in [0.717, 1.165) is 17.7 Å². The number of hydrogen-bond acceptors (Lipinski definition) is 3. The van der Waals surface area contributed by atoms with E-state index in [-0.39, 0.29) is 12.3 Å². The molecule has 21 heavy (non-hydrogen) atoms. The summed E-state index contributed by atoms with van der Waals surface area (Å²) < 4.78 is 25.8. The molecule has 1 heterocycles. The number of anilines is 1. The van der Waals surface area contributed by atoms with E-state index in [1.165, 1.54) is 17.8 Å². The second-order valence-electron chi connectivity index (χ2n) is 4.44. The van der Waals surface area contributed by atoms with Gasteiger partial charge in [0, 0.05) is 23.3 Å². The third-order valence-corrected chi connectivity index (χ3v) is 3.67. The summed E-state index contributed by atoms with van der Waals surface area (Å²) in [5.41, 5.74) is 1.01. The second-order valence-corrected chi connectivity index (χ2v) is 5.61. The molecule has 0 atom stereocenters. The van der Waals surface area contributed by atoms with Gasteiger partial charge in [-0.25, -0.2) is 13.8 Å². The van der Waals surface area contributed by atoms with Gasteiger partial charge in [-0.2, -0.15) is 0 Å². The summed E-state index contributed by atoms with van der Waals surface area (Å²) in [6.07, 6.45) is 1.89. The zero-order valence-corrected chi connectivity index (χ0v) is 12.2. The molecule has 0 aliphatic heterocycles. The van der Waals surface area contributed by atoms with Gasteiger partial charge in [0.15, 0.2) is 11.6 Å². The number of benzene rings is 1. The van der Waals surface area contributed by atoms with Crippen LogP contribution in [0.1, 0.15) is 12.0 Å². The van der Waals surface area contributed by atoms with Crippen molar-refractivity contribution in [2.45, 2.75) is 18.2 Å². The Morgan fingerprint density at radius 1 is 1.24 bits per heavy atom. The Labute approximate surface area is 125 Å². The molecule has 0 aliphatic rings. The normalized spacial score (nSPS) is 10.4. The molecule has 0 saturated carbocycles. The maximum atomic E-state index is 13.0. The standard InChI is InChI=1S/C15H14F2N2OS/c1-10-4-6-18-14(8-10)19-15(20)5-7-21-11-2-3-12(16)13(17)9-11/h2-4,6,8-9H,5,7H2,1H3,(H,18,19,20). The van der Waals surface area contributed by atoms with Gasteiger partial charge < -0.3 is 5.32 Å². The van der Waals surface area contributed by atoms with Gasteiger partial charge in [-0.1, -0.05) is 0 Å². The molecule has 0 unspecified atom stereocenters. The topological polar surface area (TPSA) is 42.0 Å². The van der Waals surface area contributed by atoms with Crippen LogP contribution in [-0.2, 0) is 4.79 Å². The molecular weight excluding hydrogens is 294 g/mol. The Bertz CT molecular complexity index is 649. The molecular formula is C15H14F2N2OS. The quantitative estimate of drug-likeness (QED) is 0.855. The lowest BCUT2D eigenvalue weighted by Crippen LogP contribution is -2.13. The molecule has 1 N–H and O–H groups in total. The molecule has 1 aromatic carbocycles. The number of pyridine rings is 1. The minimum atomic E-state index is -0.881. The van der Waals surface area contributed by atoms with Crippen LogP contribution in [0.15, 0.2) is 41.4 Å². The third-order valence-electron chi connectivity index (χ3n) is 2.67. The molecule has 0 spiro atoms. The van der Waals surface area contributed by atoms with Crippen molar-refractivity contribution >= 4 is 23.5 Å². The van der Waals surface area contributed by atoms with Gasteiger partial charge in [-0.15, -0.1) is 11.8 Å². The van der Waals surface area contributed by atoms with Crippen molar-refractivity contribution in [3.63, 3.8) is 0 Å². The summed E-state index contributed by atoms with van der Waals surface area (Å²) in [7, 11) is 0. The monoisotopic (exact) mass is 308 g/mol. The SMILES string of the molecule is Cc1ccnc(NC(=O)CCSc2ccc(F)c(F)c2)c1. The van der Waals surface area contributed by atoms with Crippen LogP contribution in [-0.4, -0.2) is 16.6 Å². The summed E-state index contributed by atoms with van der Waals surface area (Å²) in [4.78, 5) is 16.4. The molecule has 0 fully saturated rings. The van der Waals surface area contributed by atoms with Crippen molar-refractivity contribution < 1.29 is 13.6 Å². The Morgan fingerprint density at radius 3 is 2.76 bits per heavy atom. The third kappa shape index (κ3) is 4.82. The first-order valence-corrected chi connectivity index (χ1v) is 7.33. The predicted molar refractivity (Wildman–Crippen MR) is 79.3 cm³/mol. The van der Waals surface area contributed by atoms with Crippen LogP contribution in [0, 0.1) is 18.6 Å². The molecule has 1 amide bonds. The molecule has 6 heteroatoms. The van der Waals surface area contributed by atoms with Gasteiger partial charge in [-0.05, 0) is 42.8 Å². The Morgan fingerprint density at radius 2 is 2.05 bits per heavy atom. The van der Waals surface area contributed by atoms with Gasteiger partial charge in [0.25, 0.3) is 0 Å². The molecule has 3 nitrogen and oxygen atoms in total. The average Bonchev–Trinajstić information content (AvgIpc) is 2.43. The van der Waals surface area contributed by atoms with Crippen LogP contribution in [0.25, 0.3) is 0 Å². The Kier molecular flexibility index (Phi) is 5.27. The summed E-state index contributed by atoms with van der Waals surface area (Å²) >= 11 is 1.30. The molecule has 0 aliphatic carbocycles. The summed E-state index contributed by atoms with van der Waals surface area (Å²) in [5, 5.41) is 2.69. The van der Waals surface area contributed by atoms with E-state index in [0.29, 0.717) is 16.5 Å². The van der Waals surface area contributed by atoms with E-state index in [2.05, 4.69) is 10.3 Å². The van der Waals surface area contributed by atoms with E-state index >= 15 is 0 Å². The maximum absolute atomic E-state index is 13.0. The number of nitrogens with one attached hydrogen (secondary N) is 1. The smallest absolute Gasteiger partial charge is 0.226 e. The predicted octanol–water partition coefficient (Wildman–Crippen LogP) is 3.79. The average molecular weight is 308 g/mol. The molecule has 0 saturated heterocycles. The van der Waals surface area contributed by atoms with Gasteiger partial charge >= 0.3 is 0 Å². The molecule has 110 valence electrons. The van der Waals surface area contributed by atoms with Crippen molar-refractivity contribution in [2.24, 2.45) is 0 Å². The highest BCUT2D eigenvalue weighted by atomic mass is 32.2. The van der Waals surface area contributed by atoms with Crippen LogP contribution < -0.4 is 5.32 Å². The van der Waals surface area contributed by atoms with Gasteiger partial charge in [0.2, 0.25) is 5.91 Å². The van der Waals surface area contributed by atoms with E-state index in [1.807, 2.05) is 13.0 Å². The van der Waals surface area contributed by atoms with Crippen molar-refractivity contribution in [1.82, 2.24) is 4.98 Å². The largest absolute Gasteiger partial charge is 0.311 e. The van der Waals surface area contributed by atoms with Crippen molar-refractivity contribution in [1.29, 1.82) is 0 Å². The Hall–Kier alpha value is -1.95. The van der Waals surface area contributed by atoms with Crippen LogP contribution >= 0.6 is 11.8 Å². The molecule has 2 rings (SSSR count). The number of carbonyl (C=O) groups is 1. The fourth-order valence-electron chi connectivity index (χ4n) is 1.64. The van der Waals surface area contributed by atoms with E-state index in [1.54, 1.807) is 12.3 Å². The fourth-order valence-corrected chi connectivity index (χ4v) is 2.51. The lowest BCUT2D eigenvalue weighted by Gasteiger charge is -2.05. The number of amides is 1. The van der Waals surface area contributed by atoms with Gasteiger partial charge in [-0.3, -0.25) is 4.79 Å². The molecule has 0 radical (unpaired) electrons. The highest BCUT2D eigenvalue weighted by molar-refractivity contribution is 7.99. The first-order chi connectivity index (χ1) is 10.0. The van der Waals surface area contributed by atoms with Crippen LogP contribution in [0.2, 0.25) is 0 Å². The second kappa shape index (κ2) is 7.17. The maximum Gasteiger partial charge on any atom is 0.226 e. The zero-order valence-electron chi connectivity index (χ0n) is 11.4. The summed E-state index contributed by atoms with van der Waals surface area (Å²) in [5.74, 6) is -0.931. The van der Waals surface area contributed by atoms with Gasteiger partial charge in [0.1, 0.15) is 5.82 Å². The van der Waals surface area contributed by atoms with Crippen LogP contribution in [0.5, 0.6) is 0 Å². The Balaban J connectivity index is 1.80. The van der Waals surface area contributed by atoms with E-state index < -0.39 is 11.6 Å². The number of nitrogens with zero attached hydrogens (tertiary/aromatic N) is 1. The number of thioether (sulfide) groups is 1. The highest BCUT2D eigenvalue weighted by Crippen LogP contribution is 2.21. The molecule has 0 bridgehead atoms. The molecule has 1 aromatic heterocycles. The summed E-state index contributed by atoms with van der Waals surface area (Å²) in [6, 6.07) is 7.31. The van der Waals surface area contributed by atoms with Crippen molar-refractivity contribution in [2.75, 3.05) is 11.1 Å². The summed E-state index contributed by atoms with van der Waals surface area (Å²) in [6.45, 7) is 1.91. The number of aromatic nitrogens is 1. The first kappa shape index (κ1) is 15.4. The fraction of sp³-hybridized carbons (Fsp3) is 0.200. The first-order valence-electron chi connectivity index (χ1n) is 6.35. The van der Waals surface area contributed by atoms with Crippen molar-refractivity contribution in [3.05, 3.63) is 53.7 Å². The number of rotatable bonds is 5. The zero-order chi connectivity index (χ0) is 15.2. The van der Waals surface area contributed by atoms with Gasteiger partial charge in [0.05, 0.1) is 0 Å². The number of halogens is 2. The minimum absolute atomic E-state index is 0.164. The van der Waals surface area contributed by atoms with Crippen molar-refractivity contribution in [3.8, 4) is 0 Å². The lowest BCUT2D eigenvalue weighted by molar-refractivity contribution is -0.115. The van der Waals surface area contributed by atoms with E-state index in [4.69, 9.17) is 0 Å². The van der Waals surface area contributed by atoms with E-state index in [9.17, 15) is 13.6 Å². The number of carbonyl (C=O) groups excluding carboxylic acids is 1.